The second-order valence-electron chi connectivity index (χ2n) is 3.32. The van der Waals surface area contributed by atoms with Gasteiger partial charge in [-0.25, -0.2) is 0 Å². The lowest BCUT2D eigenvalue weighted by molar-refractivity contribution is -0.683. The number of ketones is 1. The van der Waals surface area contributed by atoms with E-state index in [1.807, 2.05) is 0 Å². The molecule has 0 saturated carbocycles. The predicted octanol–water partition coefficient (Wildman–Crippen LogP) is 1.91. The van der Waals surface area contributed by atoms with Crippen LogP contribution in [0.25, 0.3) is 0 Å². The lowest BCUT2D eigenvalue weighted by Crippen LogP contribution is -2.37. The van der Waals surface area contributed by atoms with Gasteiger partial charge in [0.1, 0.15) is 0 Å². The molecule has 0 N–H and O–H groups in total. The summed E-state index contributed by atoms with van der Waals surface area (Å²) < 4.78 is 1.76. The van der Waals surface area contributed by atoms with Crippen molar-refractivity contribution in [2.75, 3.05) is 0 Å². The third kappa shape index (κ3) is 2.44. The van der Waals surface area contributed by atoms with Crippen LogP contribution in [0, 0.1) is 0 Å². The molecule has 0 bridgehead atoms. The second kappa shape index (κ2) is 4.86. The van der Waals surface area contributed by atoms with Crippen LogP contribution >= 0.6 is 11.6 Å². The molecule has 0 aliphatic rings. The summed E-state index contributed by atoms with van der Waals surface area (Å²) in [6.07, 6.45) is 6.77. The molecule has 2 rings (SSSR count). The minimum absolute atomic E-state index is 0.0122. The Hall–Kier alpha value is -1.74. The maximum absolute atomic E-state index is 11.9. The average molecular weight is 234 g/mol. The van der Waals surface area contributed by atoms with Gasteiger partial charge < -0.3 is 0 Å². The van der Waals surface area contributed by atoms with Gasteiger partial charge in [0.25, 0.3) is 0 Å². The van der Waals surface area contributed by atoms with Crippen LogP contribution in [0.4, 0.5) is 0 Å². The van der Waals surface area contributed by atoms with Crippen LogP contribution in [0.2, 0.25) is 5.02 Å². The summed E-state index contributed by atoms with van der Waals surface area (Å²) in [4.78, 5) is 15.8. The zero-order chi connectivity index (χ0) is 11.4. The minimum Gasteiger partial charge on any atom is -0.287 e. The van der Waals surface area contributed by atoms with Gasteiger partial charge in [-0.2, -0.15) is 4.57 Å². The van der Waals surface area contributed by atoms with Gasteiger partial charge in [0, 0.05) is 5.56 Å². The smallest absolute Gasteiger partial charge is 0.229 e. The molecule has 0 amide bonds. The van der Waals surface area contributed by atoms with Crippen LogP contribution in [0.15, 0.2) is 49.1 Å². The zero-order valence-corrected chi connectivity index (χ0v) is 9.26. The summed E-state index contributed by atoms with van der Waals surface area (Å²) in [5, 5.41) is 0.488. The Morgan fingerprint density at radius 3 is 2.62 bits per heavy atom. The Kier molecular flexibility index (Phi) is 3.27. The van der Waals surface area contributed by atoms with Crippen molar-refractivity contribution < 1.29 is 9.36 Å². The number of Topliss-reactive ketones (excluding diaryl/α,β-unsaturated/α-hetero) is 1. The largest absolute Gasteiger partial charge is 0.287 e. The monoisotopic (exact) mass is 233 g/mol. The van der Waals surface area contributed by atoms with E-state index in [2.05, 4.69) is 4.98 Å². The standard InChI is InChI=1S/C12H10ClN2O/c13-11-4-2-1-3-10(11)12(16)9-15-7-5-14-6-8-15/h1-8H,9H2/q+1. The highest BCUT2D eigenvalue weighted by molar-refractivity contribution is 6.33. The van der Waals surface area contributed by atoms with Gasteiger partial charge >= 0.3 is 0 Å². The third-order valence-corrected chi connectivity index (χ3v) is 2.52. The highest BCUT2D eigenvalue weighted by Crippen LogP contribution is 2.15. The average Bonchev–Trinajstić information content (AvgIpc) is 2.31. The number of aromatic nitrogens is 2. The van der Waals surface area contributed by atoms with Gasteiger partial charge in [-0.1, -0.05) is 23.7 Å². The number of rotatable bonds is 3. The van der Waals surface area contributed by atoms with E-state index in [1.165, 1.54) is 0 Å². The number of carbonyl (C=O) groups excluding carboxylic acids is 1. The lowest BCUT2D eigenvalue weighted by atomic mass is 10.1. The van der Waals surface area contributed by atoms with Crippen molar-refractivity contribution >= 4 is 17.4 Å². The van der Waals surface area contributed by atoms with Crippen molar-refractivity contribution in [1.29, 1.82) is 0 Å². The number of nitrogens with zero attached hydrogens (tertiary/aromatic N) is 2. The molecule has 0 atom stereocenters. The number of benzene rings is 1. The lowest BCUT2D eigenvalue weighted by Gasteiger charge is -1.99. The fourth-order valence-corrected chi connectivity index (χ4v) is 1.63. The first kappa shape index (κ1) is 10.8. The molecular weight excluding hydrogens is 224 g/mol. The Morgan fingerprint density at radius 2 is 1.94 bits per heavy atom. The van der Waals surface area contributed by atoms with E-state index in [0.29, 0.717) is 10.6 Å². The summed E-state index contributed by atoms with van der Waals surface area (Å²) in [6, 6.07) is 7.05. The molecular formula is C12H10ClN2O+. The van der Waals surface area contributed by atoms with Gasteiger partial charge in [-0.15, -0.1) is 0 Å². The van der Waals surface area contributed by atoms with Crippen LogP contribution < -0.4 is 4.57 Å². The van der Waals surface area contributed by atoms with E-state index in [1.54, 1.807) is 53.6 Å². The van der Waals surface area contributed by atoms with Crippen LogP contribution in [0.3, 0.4) is 0 Å². The zero-order valence-electron chi connectivity index (χ0n) is 8.51. The Bertz CT molecular complexity index is 499. The first-order valence-electron chi connectivity index (χ1n) is 4.84. The molecule has 1 heterocycles. The van der Waals surface area contributed by atoms with Crippen molar-refractivity contribution in [3.05, 3.63) is 59.6 Å². The van der Waals surface area contributed by atoms with E-state index < -0.39 is 0 Å². The topological polar surface area (TPSA) is 33.8 Å². The Balaban J connectivity index is 2.19. The molecule has 4 heteroatoms. The summed E-state index contributed by atoms with van der Waals surface area (Å²) in [6.45, 7) is 0.270. The molecule has 1 aromatic heterocycles. The molecule has 0 radical (unpaired) electrons. The molecule has 0 aliphatic carbocycles. The molecule has 0 aliphatic heterocycles. The van der Waals surface area contributed by atoms with Gasteiger partial charge in [-0.05, 0) is 12.1 Å². The van der Waals surface area contributed by atoms with Crippen LogP contribution in [0.5, 0.6) is 0 Å². The van der Waals surface area contributed by atoms with Crippen molar-refractivity contribution in [2.45, 2.75) is 6.54 Å². The van der Waals surface area contributed by atoms with Crippen molar-refractivity contribution in [3.8, 4) is 0 Å². The van der Waals surface area contributed by atoms with E-state index >= 15 is 0 Å². The maximum atomic E-state index is 11.9. The molecule has 0 spiro atoms. The normalized spacial score (nSPS) is 10.1. The Labute approximate surface area is 98.3 Å². The summed E-state index contributed by atoms with van der Waals surface area (Å²) in [5.74, 6) is -0.0122. The number of hydrogen-bond donors (Lipinski definition) is 0. The highest BCUT2D eigenvalue weighted by Gasteiger charge is 2.14. The first-order valence-corrected chi connectivity index (χ1v) is 5.22. The van der Waals surface area contributed by atoms with E-state index in [4.69, 9.17) is 11.6 Å². The molecule has 3 nitrogen and oxygen atoms in total. The van der Waals surface area contributed by atoms with Gasteiger partial charge in [-0.3, -0.25) is 9.78 Å². The molecule has 16 heavy (non-hydrogen) atoms. The molecule has 80 valence electrons. The second-order valence-corrected chi connectivity index (χ2v) is 3.73. The molecule has 0 unspecified atom stereocenters. The van der Waals surface area contributed by atoms with Crippen LogP contribution in [-0.4, -0.2) is 10.8 Å². The summed E-state index contributed by atoms with van der Waals surface area (Å²) in [5.41, 5.74) is 0.550. The number of hydrogen-bond acceptors (Lipinski definition) is 2. The SMILES string of the molecule is O=C(C[n+]1ccncc1)c1ccccc1Cl. The van der Waals surface area contributed by atoms with Crippen LogP contribution in [-0.2, 0) is 6.54 Å². The number of halogens is 1. The van der Waals surface area contributed by atoms with E-state index in [9.17, 15) is 4.79 Å². The quantitative estimate of drug-likeness (QED) is 0.600. The summed E-state index contributed by atoms with van der Waals surface area (Å²) >= 11 is 5.94. The van der Waals surface area contributed by atoms with Gasteiger partial charge in [0.2, 0.25) is 12.3 Å². The number of carbonyl (C=O) groups is 1. The maximum Gasteiger partial charge on any atom is 0.229 e. The fraction of sp³-hybridized carbons (Fsp3) is 0.0833. The van der Waals surface area contributed by atoms with Crippen LogP contribution in [0.1, 0.15) is 10.4 Å². The highest BCUT2D eigenvalue weighted by atomic mass is 35.5. The first-order chi connectivity index (χ1) is 7.77. The molecule has 1 aromatic carbocycles. The van der Waals surface area contributed by atoms with E-state index in [-0.39, 0.29) is 12.3 Å². The fourth-order valence-electron chi connectivity index (χ4n) is 1.39. The van der Waals surface area contributed by atoms with E-state index in [0.717, 1.165) is 0 Å². The van der Waals surface area contributed by atoms with Crippen molar-refractivity contribution in [3.63, 3.8) is 0 Å². The predicted molar refractivity (Wildman–Crippen MR) is 60.2 cm³/mol. The van der Waals surface area contributed by atoms with Gasteiger partial charge in [0.15, 0.2) is 12.4 Å². The molecule has 2 aromatic rings. The third-order valence-electron chi connectivity index (χ3n) is 2.19. The summed E-state index contributed by atoms with van der Waals surface area (Å²) in [7, 11) is 0. The van der Waals surface area contributed by atoms with Gasteiger partial charge in [0.05, 0.1) is 17.4 Å². The van der Waals surface area contributed by atoms with Crippen molar-refractivity contribution in [1.82, 2.24) is 4.98 Å². The van der Waals surface area contributed by atoms with Crippen molar-refractivity contribution in [2.24, 2.45) is 0 Å². The molecule has 0 fully saturated rings. The Morgan fingerprint density at radius 1 is 1.25 bits per heavy atom. The minimum atomic E-state index is -0.0122. The molecule has 0 saturated heterocycles.